The molecule has 9 nitrogen and oxygen atoms in total. The number of carbonyl (C=O) groups is 4. The van der Waals surface area contributed by atoms with Crippen molar-refractivity contribution in [3.05, 3.63) is 0 Å². The molecule has 2 amide bonds. The number of alkyl carbamates (subject to hydrolysis) is 1. The normalized spacial score (nSPS) is 13.5. The van der Waals surface area contributed by atoms with Gasteiger partial charge in [-0.3, -0.25) is 9.59 Å². The average Bonchev–Trinajstić information content (AvgIpc) is 2.47. The van der Waals surface area contributed by atoms with Gasteiger partial charge in [0, 0.05) is 6.42 Å². The van der Waals surface area contributed by atoms with Crippen molar-refractivity contribution in [2.75, 3.05) is 7.11 Å². The van der Waals surface area contributed by atoms with Gasteiger partial charge in [-0.15, -0.1) is 0 Å². The largest absolute Gasteiger partial charge is 0.481 e. The van der Waals surface area contributed by atoms with Crippen molar-refractivity contribution < 1.29 is 33.8 Å². The molecule has 0 aliphatic carbocycles. The summed E-state index contributed by atoms with van der Waals surface area (Å²) in [4.78, 5) is 47.1. The van der Waals surface area contributed by atoms with E-state index in [1.807, 2.05) is 13.8 Å². The van der Waals surface area contributed by atoms with Crippen molar-refractivity contribution in [3.63, 3.8) is 0 Å². The molecule has 0 fully saturated rings. The van der Waals surface area contributed by atoms with Crippen LogP contribution in [0.15, 0.2) is 0 Å². The first-order valence-corrected chi connectivity index (χ1v) is 8.45. The Kier molecular flexibility index (Phi) is 9.67. The van der Waals surface area contributed by atoms with Crippen LogP contribution in [0.25, 0.3) is 0 Å². The number of aliphatic carboxylic acids is 1. The van der Waals surface area contributed by atoms with E-state index in [0.717, 1.165) is 0 Å². The Balaban J connectivity index is 5.13. The maximum Gasteiger partial charge on any atom is 0.408 e. The van der Waals surface area contributed by atoms with E-state index in [0.29, 0.717) is 6.42 Å². The number of carboxylic acids is 1. The second-order valence-corrected chi connectivity index (χ2v) is 7.35. The number of esters is 1. The standard InChI is InChI=1S/C17H30N2O7/c1-10(2)9-12(15(23)25-6)18-14(22)11(7-8-13(20)21)19-16(24)26-17(3,4)5/h10-12H,7-9H2,1-6H3,(H,18,22)(H,19,24)(H,20,21). The predicted molar refractivity (Wildman–Crippen MR) is 93.4 cm³/mol. The Morgan fingerprint density at radius 3 is 2.04 bits per heavy atom. The maximum atomic E-state index is 12.5. The van der Waals surface area contributed by atoms with Crippen molar-refractivity contribution in [2.45, 2.75) is 71.6 Å². The molecule has 26 heavy (non-hydrogen) atoms. The lowest BCUT2D eigenvalue weighted by Gasteiger charge is -2.25. The van der Waals surface area contributed by atoms with E-state index in [-0.39, 0.29) is 18.8 Å². The Bertz CT molecular complexity index is 512. The molecule has 2 unspecified atom stereocenters. The minimum Gasteiger partial charge on any atom is -0.481 e. The summed E-state index contributed by atoms with van der Waals surface area (Å²) in [5, 5.41) is 13.7. The van der Waals surface area contributed by atoms with Crippen LogP contribution in [0, 0.1) is 5.92 Å². The Labute approximate surface area is 153 Å². The highest BCUT2D eigenvalue weighted by atomic mass is 16.6. The van der Waals surface area contributed by atoms with Crippen LogP contribution in [0.3, 0.4) is 0 Å². The van der Waals surface area contributed by atoms with Crippen LogP contribution in [-0.2, 0) is 23.9 Å². The number of hydrogen-bond donors (Lipinski definition) is 3. The lowest BCUT2D eigenvalue weighted by atomic mass is 10.0. The van der Waals surface area contributed by atoms with Crippen LogP contribution in [0.5, 0.6) is 0 Å². The Hall–Kier alpha value is -2.32. The van der Waals surface area contributed by atoms with Gasteiger partial charge in [-0.25, -0.2) is 9.59 Å². The molecule has 0 aliphatic rings. The van der Waals surface area contributed by atoms with Crippen LogP contribution in [0.1, 0.15) is 53.9 Å². The molecule has 0 radical (unpaired) electrons. The van der Waals surface area contributed by atoms with Crippen molar-refractivity contribution >= 4 is 23.9 Å². The first-order chi connectivity index (χ1) is 11.9. The highest BCUT2D eigenvalue weighted by molar-refractivity contribution is 5.90. The monoisotopic (exact) mass is 374 g/mol. The fourth-order valence-electron chi connectivity index (χ4n) is 2.09. The summed E-state index contributed by atoms with van der Waals surface area (Å²) in [7, 11) is 1.21. The number of ether oxygens (including phenoxy) is 2. The van der Waals surface area contributed by atoms with Gasteiger partial charge in [0.25, 0.3) is 0 Å². The molecule has 0 saturated heterocycles. The quantitative estimate of drug-likeness (QED) is 0.521. The van der Waals surface area contributed by atoms with Gasteiger partial charge in [-0.2, -0.15) is 0 Å². The second kappa shape index (κ2) is 10.6. The van der Waals surface area contributed by atoms with Gasteiger partial charge in [0.15, 0.2) is 0 Å². The number of amides is 2. The maximum absolute atomic E-state index is 12.5. The van der Waals surface area contributed by atoms with Crippen LogP contribution in [0.4, 0.5) is 4.79 Å². The predicted octanol–water partition coefficient (Wildman–Crippen LogP) is 1.45. The summed E-state index contributed by atoms with van der Waals surface area (Å²) in [6.07, 6.45) is -0.977. The molecular formula is C17H30N2O7. The van der Waals surface area contributed by atoms with Gasteiger partial charge < -0.3 is 25.2 Å². The minimum atomic E-state index is -1.15. The van der Waals surface area contributed by atoms with Crippen molar-refractivity contribution in [1.82, 2.24) is 10.6 Å². The zero-order valence-corrected chi connectivity index (χ0v) is 16.3. The fourth-order valence-corrected chi connectivity index (χ4v) is 2.09. The molecule has 150 valence electrons. The molecule has 9 heteroatoms. The van der Waals surface area contributed by atoms with E-state index in [2.05, 4.69) is 15.4 Å². The molecule has 0 aromatic heterocycles. The van der Waals surface area contributed by atoms with E-state index in [4.69, 9.17) is 9.84 Å². The fraction of sp³-hybridized carbons (Fsp3) is 0.765. The summed E-state index contributed by atoms with van der Waals surface area (Å²) in [5.74, 6) is -2.29. The van der Waals surface area contributed by atoms with Crippen molar-refractivity contribution in [3.8, 4) is 0 Å². The van der Waals surface area contributed by atoms with E-state index < -0.39 is 41.6 Å². The highest BCUT2D eigenvalue weighted by Crippen LogP contribution is 2.10. The van der Waals surface area contributed by atoms with Crippen LogP contribution in [0.2, 0.25) is 0 Å². The lowest BCUT2D eigenvalue weighted by Crippen LogP contribution is -2.52. The van der Waals surface area contributed by atoms with Gasteiger partial charge in [0.1, 0.15) is 17.7 Å². The number of hydrogen-bond acceptors (Lipinski definition) is 6. The molecule has 3 N–H and O–H groups in total. The van der Waals surface area contributed by atoms with Crippen LogP contribution >= 0.6 is 0 Å². The molecule has 0 heterocycles. The molecule has 2 atom stereocenters. The van der Waals surface area contributed by atoms with Gasteiger partial charge in [0.2, 0.25) is 5.91 Å². The SMILES string of the molecule is COC(=O)C(CC(C)C)NC(=O)C(CCC(=O)O)NC(=O)OC(C)(C)C. The highest BCUT2D eigenvalue weighted by Gasteiger charge is 2.29. The Morgan fingerprint density at radius 1 is 1.04 bits per heavy atom. The number of nitrogens with one attached hydrogen (secondary N) is 2. The Morgan fingerprint density at radius 2 is 1.62 bits per heavy atom. The average molecular weight is 374 g/mol. The first kappa shape index (κ1) is 23.7. The first-order valence-electron chi connectivity index (χ1n) is 8.45. The molecule has 0 saturated carbocycles. The summed E-state index contributed by atoms with van der Waals surface area (Å²) >= 11 is 0. The summed E-state index contributed by atoms with van der Waals surface area (Å²) < 4.78 is 9.77. The zero-order valence-electron chi connectivity index (χ0n) is 16.3. The number of methoxy groups -OCH3 is 1. The third-order valence-corrected chi connectivity index (χ3v) is 3.16. The summed E-state index contributed by atoms with van der Waals surface area (Å²) in [5.41, 5.74) is -0.774. The molecule has 0 bridgehead atoms. The topological polar surface area (TPSA) is 131 Å². The van der Waals surface area contributed by atoms with Gasteiger partial charge in [-0.1, -0.05) is 13.8 Å². The number of rotatable bonds is 9. The number of carbonyl (C=O) groups excluding carboxylic acids is 3. The summed E-state index contributed by atoms with van der Waals surface area (Å²) in [6.45, 7) is 8.74. The van der Waals surface area contributed by atoms with Crippen molar-refractivity contribution in [2.24, 2.45) is 5.92 Å². The van der Waals surface area contributed by atoms with E-state index in [1.54, 1.807) is 20.8 Å². The molecule has 0 spiro atoms. The van der Waals surface area contributed by atoms with E-state index in [1.165, 1.54) is 7.11 Å². The van der Waals surface area contributed by atoms with Gasteiger partial charge in [-0.05, 0) is 39.5 Å². The molecule has 0 aliphatic heterocycles. The van der Waals surface area contributed by atoms with Crippen LogP contribution < -0.4 is 10.6 Å². The van der Waals surface area contributed by atoms with E-state index in [9.17, 15) is 19.2 Å². The third-order valence-electron chi connectivity index (χ3n) is 3.16. The third kappa shape index (κ3) is 10.5. The molecular weight excluding hydrogens is 344 g/mol. The van der Waals surface area contributed by atoms with Gasteiger partial charge >= 0.3 is 18.0 Å². The minimum absolute atomic E-state index is 0.107. The van der Waals surface area contributed by atoms with Gasteiger partial charge in [0.05, 0.1) is 7.11 Å². The van der Waals surface area contributed by atoms with Crippen molar-refractivity contribution in [1.29, 1.82) is 0 Å². The molecule has 0 rings (SSSR count). The smallest absolute Gasteiger partial charge is 0.408 e. The van der Waals surface area contributed by atoms with Crippen LogP contribution in [-0.4, -0.2) is 53.8 Å². The number of carboxylic acid groups (broad SMARTS) is 1. The lowest BCUT2D eigenvalue weighted by molar-refractivity contribution is -0.146. The second-order valence-electron chi connectivity index (χ2n) is 7.35. The molecule has 0 aromatic rings. The zero-order chi connectivity index (χ0) is 20.5. The van der Waals surface area contributed by atoms with E-state index >= 15 is 0 Å². The molecule has 0 aromatic carbocycles. The summed E-state index contributed by atoms with van der Waals surface area (Å²) in [6, 6.07) is -2.04.